The molecule has 1 saturated heterocycles. The third-order valence-electron chi connectivity index (χ3n) is 2.26. The van der Waals surface area contributed by atoms with Crippen LogP contribution < -0.4 is 5.32 Å². The van der Waals surface area contributed by atoms with Crippen molar-refractivity contribution < 1.29 is 0 Å². The van der Waals surface area contributed by atoms with Crippen molar-refractivity contribution in [2.45, 2.75) is 19.8 Å². The fraction of sp³-hybridized carbons (Fsp3) is 0.455. The van der Waals surface area contributed by atoms with E-state index in [9.17, 15) is 0 Å². The van der Waals surface area contributed by atoms with Crippen LogP contribution in [0.25, 0.3) is 0 Å². The molecule has 1 unspecified atom stereocenters. The highest BCUT2D eigenvalue weighted by Gasteiger charge is 2.12. The summed E-state index contributed by atoms with van der Waals surface area (Å²) in [5.41, 5.74) is 2.68. The van der Waals surface area contributed by atoms with E-state index in [1.807, 2.05) is 0 Å². The van der Waals surface area contributed by atoms with Crippen molar-refractivity contribution in [2.24, 2.45) is 5.92 Å². The smallest absolute Gasteiger partial charge is 0.0380 e. The Kier molecular flexibility index (Phi) is 1.91. The number of nitrogens with one attached hydrogen (secondary N) is 1. The van der Waals surface area contributed by atoms with Gasteiger partial charge in [-0.1, -0.05) is 11.8 Å². The zero-order valence-corrected chi connectivity index (χ0v) is 7.35. The summed E-state index contributed by atoms with van der Waals surface area (Å²) in [5.74, 6) is 6.64. The molecule has 1 aliphatic carbocycles. The third-order valence-corrected chi connectivity index (χ3v) is 2.26. The summed E-state index contributed by atoms with van der Waals surface area (Å²) in [4.78, 5) is 0. The van der Waals surface area contributed by atoms with Gasteiger partial charge >= 0.3 is 0 Å². The molecule has 0 aromatic heterocycles. The van der Waals surface area contributed by atoms with E-state index in [2.05, 4.69) is 36.2 Å². The van der Waals surface area contributed by atoms with Gasteiger partial charge in [-0.3, -0.25) is 0 Å². The molecule has 1 aliphatic heterocycles. The van der Waals surface area contributed by atoms with Crippen molar-refractivity contribution in [3.05, 3.63) is 23.4 Å². The molecule has 0 aromatic carbocycles. The van der Waals surface area contributed by atoms with E-state index in [0.717, 1.165) is 6.54 Å². The highest BCUT2D eigenvalue weighted by atomic mass is 14.9. The van der Waals surface area contributed by atoms with Gasteiger partial charge < -0.3 is 5.32 Å². The molecule has 0 aromatic rings. The minimum atomic E-state index is 0.388. The number of hydrogen-bond donors (Lipinski definition) is 1. The Hall–Kier alpha value is -1.16. The standard InChI is InChI=1S/C11H13N/c1-9-4-2-5-10-6-3-7-12-11(10)8-9/h5,8-9,12H,3,6-7H2,1H3. The molecule has 62 valence electrons. The van der Waals surface area contributed by atoms with E-state index >= 15 is 0 Å². The second kappa shape index (κ2) is 3.06. The van der Waals surface area contributed by atoms with Gasteiger partial charge in [0.15, 0.2) is 0 Å². The Balaban J connectivity index is 2.30. The highest BCUT2D eigenvalue weighted by Crippen LogP contribution is 2.21. The summed E-state index contributed by atoms with van der Waals surface area (Å²) < 4.78 is 0. The van der Waals surface area contributed by atoms with Crippen LogP contribution in [-0.4, -0.2) is 6.54 Å². The van der Waals surface area contributed by atoms with Gasteiger partial charge in [0.1, 0.15) is 0 Å². The first-order valence-corrected chi connectivity index (χ1v) is 4.52. The van der Waals surface area contributed by atoms with Crippen molar-refractivity contribution in [1.29, 1.82) is 0 Å². The Morgan fingerprint density at radius 2 is 2.50 bits per heavy atom. The van der Waals surface area contributed by atoms with E-state index in [4.69, 9.17) is 0 Å². The van der Waals surface area contributed by atoms with Crippen LogP contribution in [0.15, 0.2) is 23.4 Å². The normalized spacial score (nSPS) is 26.6. The second-order valence-corrected chi connectivity index (χ2v) is 3.36. The monoisotopic (exact) mass is 159 g/mol. The maximum atomic E-state index is 3.40. The zero-order valence-electron chi connectivity index (χ0n) is 7.35. The predicted molar refractivity (Wildman–Crippen MR) is 50.3 cm³/mol. The average Bonchev–Trinajstić information content (AvgIpc) is 2.25. The number of allylic oxidation sites excluding steroid dienone is 3. The molecule has 12 heavy (non-hydrogen) atoms. The van der Waals surface area contributed by atoms with Crippen molar-refractivity contribution in [3.63, 3.8) is 0 Å². The molecular formula is C11H13N. The lowest BCUT2D eigenvalue weighted by Gasteiger charge is -2.19. The lowest BCUT2D eigenvalue weighted by molar-refractivity contribution is 0.663. The largest absolute Gasteiger partial charge is 0.385 e. The summed E-state index contributed by atoms with van der Waals surface area (Å²) in [6.07, 6.45) is 6.70. The Morgan fingerprint density at radius 1 is 1.58 bits per heavy atom. The molecule has 0 radical (unpaired) electrons. The number of piperidine rings is 1. The van der Waals surface area contributed by atoms with Crippen molar-refractivity contribution in [1.82, 2.24) is 5.32 Å². The molecule has 1 heterocycles. The van der Waals surface area contributed by atoms with E-state index in [-0.39, 0.29) is 0 Å². The molecule has 1 fully saturated rings. The van der Waals surface area contributed by atoms with Gasteiger partial charge in [0, 0.05) is 18.2 Å². The minimum absolute atomic E-state index is 0.388. The first kappa shape index (κ1) is 7.49. The molecule has 1 nitrogen and oxygen atoms in total. The summed E-state index contributed by atoms with van der Waals surface area (Å²) in [6, 6.07) is 0. The van der Waals surface area contributed by atoms with E-state index < -0.39 is 0 Å². The van der Waals surface area contributed by atoms with Gasteiger partial charge in [-0.15, -0.1) is 0 Å². The Morgan fingerprint density at radius 3 is 3.42 bits per heavy atom. The zero-order chi connectivity index (χ0) is 8.39. The van der Waals surface area contributed by atoms with Gasteiger partial charge in [-0.2, -0.15) is 0 Å². The van der Waals surface area contributed by atoms with Crippen LogP contribution in [0, 0.1) is 17.8 Å². The molecule has 1 heteroatoms. The van der Waals surface area contributed by atoms with Crippen LogP contribution in [0.2, 0.25) is 0 Å². The predicted octanol–water partition coefficient (Wildman–Crippen LogP) is 1.83. The topological polar surface area (TPSA) is 12.0 Å². The van der Waals surface area contributed by atoms with Gasteiger partial charge in [0.2, 0.25) is 0 Å². The molecule has 0 bridgehead atoms. The van der Waals surface area contributed by atoms with Gasteiger partial charge in [-0.05, 0) is 37.5 Å². The van der Waals surface area contributed by atoms with Gasteiger partial charge in [0.25, 0.3) is 0 Å². The average molecular weight is 159 g/mol. The van der Waals surface area contributed by atoms with E-state index in [0.29, 0.717) is 5.92 Å². The first-order chi connectivity index (χ1) is 5.86. The maximum absolute atomic E-state index is 3.40. The van der Waals surface area contributed by atoms with Crippen LogP contribution in [0.3, 0.4) is 0 Å². The quantitative estimate of drug-likeness (QED) is 0.532. The van der Waals surface area contributed by atoms with Crippen LogP contribution >= 0.6 is 0 Å². The summed E-state index contributed by atoms with van der Waals surface area (Å²) >= 11 is 0. The number of fused-ring (bicyclic) bond motifs is 1. The summed E-state index contributed by atoms with van der Waals surface area (Å²) in [7, 11) is 0. The van der Waals surface area contributed by atoms with Crippen molar-refractivity contribution >= 4 is 0 Å². The molecule has 1 atom stereocenters. The lowest BCUT2D eigenvalue weighted by Crippen LogP contribution is -2.22. The maximum Gasteiger partial charge on any atom is 0.0380 e. The van der Waals surface area contributed by atoms with E-state index in [1.165, 1.54) is 24.1 Å². The Bertz CT molecular complexity index is 299. The summed E-state index contributed by atoms with van der Waals surface area (Å²) in [5, 5.41) is 3.40. The molecule has 0 spiro atoms. The third kappa shape index (κ3) is 1.38. The van der Waals surface area contributed by atoms with Crippen molar-refractivity contribution in [3.8, 4) is 11.8 Å². The highest BCUT2D eigenvalue weighted by molar-refractivity contribution is 5.41. The van der Waals surface area contributed by atoms with Crippen molar-refractivity contribution in [2.75, 3.05) is 6.54 Å². The number of hydrogen-bond acceptors (Lipinski definition) is 1. The van der Waals surface area contributed by atoms with Crippen LogP contribution in [0.5, 0.6) is 0 Å². The second-order valence-electron chi connectivity index (χ2n) is 3.36. The molecule has 2 aliphatic rings. The van der Waals surface area contributed by atoms with Gasteiger partial charge in [-0.25, -0.2) is 0 Å². The molecule has 1 N–H and O–H groups in total. The number of rotatable bonds is 0. The summed E-state index contributed by atoms with van der Waals surface area (Å²) in [6.45, 7) is 3.24. The van der Waals surface area contributed by atoms with Crippen LogP contribution in [0.1, 0.15) is 19.8 Å². The van der Waals surface area contributed by atoms with E-state index in [1.54, 1.807) is 0 Å². The van der Waals surface area contributed by atoms with Crippen LogP contribution in [-0.2, 0) is 0 Å². The molecule has 0 amide bonds. The van der Waals surface area contributed by atoms with Gasteiger partial charge in [0.05, 0.1) is 0 Å². The fourth-order valence-corrected chi connectivity index (χ4v) is 1.62. The Labute approximate surface area is 73.5 Å². The fourth-order valence-electron chi connectivity index (χ4n) is 1.62. The van der Waals surface area contributed by atoms with Crippen LogP contribution in [0.4, 0.5) is 0 Å². The first-order valence-electron chi connectivity index (χ1n) is 4.52. The molecule has 2 rings (SSSR count). The minimum Gasteiger partial charge on any atom is -0.385 e. The molecule has 0 saturated carbocycles. The SMILES string of the molecule is CC1C#CC=C2CCCNC2=C1. The lowest BCUT2D eigenvalue weighted by atomic mass is 10.0. The molecular weight excluding hydrogens is 146 g/mol.